The first-order valence-electron chi connectivity index (χ1n) is 9.26. The van der Waals surface area contributed by atoms with Gasteiger partial charge >= 0.3 is 5.97 Å². The van der Waals surface area contributed by atoms with E-state index in [1.807, 2.05) is 4.90 Å². The molecule has 0 unspecified atom stereocenters. The Hall–Kier alpha value is -1.40. The van der Waals surface area contributed by atoms with Gasteiger partial charge in [0, 0.05) is 37.0 Å². The van der Waals surface area contributed by atoms with Crippen molar-refractivity contribution in [2.24, 2.45) is 11.3 Å². The van der Waals surface area contributed by atoms with E-state index >= 15 is 0 Å². The molecule has 2 aliphatic heterocycles. The number of carbonyl (C=O) groups is 2. The van der Waals surface area contributed by atoms with Crippen LogP contribution >= 0.6 is 11.3 Å². The van der Waals surface area contributed by atoms with Gasteiger partial charge in [-0.1, -0.05) is 0 Å². The van der Waals surface area contributed by atoms with Gasteiger partial charge in [0.2, 0.25) is 5.91 Å². The highest BCUT2D eigenvalue weighted by atomic mass is 32.1. The molecule has 6 heteroatoms. The standard InChI is InChI=1S/C19H26N2O3S/c1-13-4-9-25-16(13)11-21-12-19(10-15(21)18(23)24)5-7-20(8-6-19)17(22)14-2-3-14/h4,9,14-15H,2-3,5-8,10-12H2,1H3,(H,23,24)/t15-/m1/s1. The Morgan fingerprint density at radius 2 is 2.04 bits per heavy atom. The number of piperidine rings is 1. The van der Waals surface area contributed by atoms with E-state index in [1.54, 1.807) is 11.3 Å². The summed E-state index contributed by atoms with van der Waals surface area (Å²) in [5.41, 5.74) is 1.31. The summed E-state index contributed by atoms with van der Waals surface area (Å²) in [5.74, 6) is -0.0982. The predicted octanol–water partition coefficient (Wildman–Crippen LogP) is 2.73. The molecule has 0 radical (unpaired) electrons. The third kappa shape index (κ3) is 3.34. The predicted molar refractivity (Wildman–Crippen MR) is 96.5 cm³/mol. The van der Waals surface area contributed by atoms with Crippen LogP contribution in [0.5, 0.6) is 0 Å². The number of aryl methyl sites for hydroxylation is 1. The average molecular weight is 362 g/mol. The molecular weight excluding hydrogens is 336 g/mol. The number of likely N-dealkylation sites (tertiary alicyclic amines) is 2. The number of hydrogen-bond donors (Lipinski definition) is 1. The Morgan fingerprint density at radius 3 is 2.60 bits per heavy atom. The zero-order chi connectivity index (χ0) is 17.6. The Morgan fingerprint density at radius 1 is 1.32 bits per heavy atom. The number of carboxylic acids is 1. The van der Waals surface area contributed by atoms with Gasteiger partial charge in [0.15, 0.2) is 0 Å². The van der Waals surface area contributed by atoms with Gasteiger partial charge in [0.25, 0.3) is 0 Å². The zero-order valence-electron chi connectivity index (χ0n) is 14.7. The molecule has 1 aromatic heterocycles. The lowest BCUT2D eigenvalue weighted by Crippen LogP contribution is -2.44. The Bertz CT molecular complexity index is 674. The number of amides is 1. The minimum Gasteiger partial charge on any atom is -0.480 e. The van der Waals surface area contributed by atoms with Gasteiger partial charge in [0.1, 0.15) is 6.04 Å². The first kappa shape index (κ1) is 17.0. The van der Waals surface area contributed by atoms with Gasteiger partial charge in [-0.05, 0) is 61.5 Å². The average Bonchev–Trinajstić information content (AvgIpc) is 3.28. The summed E-state index contributed by atoms with van der Waals surface area (Å²) in [5, 5.41) is 11.8. The fourth-order valence-electron chi connectivity index (χ4n) is 4.46. The molecule has 2 saturated heterocycles. The number of nitrogens with zero attached hydrogens (tertiary/aromatic N) is 2. The largest absolute Gasteiger partial charge is 0.480 e. The fourth-order valence-corrected chi connectivity index (χ4v) is 5.39. The summed E-state index contributed by atoms with van der Waals surface area (Å²) in [4.78, 5) is 29.5. The second-order valence-electron chi connectivity index (χ2n) is 8.09. The van der Waals surface area contributed by atoms with Crippen molar-refractivity contribution in [1.82, 2.24) is 9.80 Å². The highest BCUT2D eigenvalue weighted by Crippen LogP contribution is 2.45. The van der Waals surface area contributed by atoms with Gasteiger partial charge in [0.05, 0.1) is 0 Å². The smallest absolute Gasteiger partial charge is 0.320 e. The molecule has 3 fully saturated rings. The lowest BCUT2D eigenvalue weighted by Gasteiger charge is -2.39. The second-order valence-corrected chi connectivity index (χ2v) is 9.09. The van der Waals surface area contributed by atoms with Crippen molar-refractivity contribution < 1.29 is 14.7 Å². The van der Waals surface area contributed by atoms with Crippen molar-refractivity contribution in [3.63, 3.8) is 0 Å². The molecule has 4 rings (SSSR count). The van der Waals surface area contributed by atoms with Crippen LogP contribution in [0.2, 0.25) is 0 Å². The molecule has 0 bridgehead atoms. The molecule has 1 aliphatic carbocycles. The van der Waals surface area contributed by atoms with Crippen molar-refractivity contribution in [2.45, 2.75) is 51.6 Å². The molecule has 0 aromatic carbocycles. The number of carbonyl (C=O) groups excluding carboxylic acids is 1. The Balaban J connectivity index is 1.44. The first-order chi connectivity index (χ1) is 12.0. The molecule has 5 nitrogen and oxygen atoms in total. The molecular formula is C19H26N2O3S. The SMILES string of the molecule is Cc1ccsc1CN1CC2(CCN(C(=O)C3CC3)CC2)C[C@@H]1C(=O)O. The van der Waals surface area contributed by atoms with Gasteiger partial charge in [-0.3, -0.25) is 14.5 Å². The Labute approximate surface area is 152 Å². The Kier molecular flexibility index (Phi) is 4.36. The highest BCUT2D eigenvalue weighted by Gasteiger charge is 2.49. The van der Waals surface area contributed by atoms with Gasteiger partial charge in [-0.2, -0.15) is 0 Å². The van der Waals surface area contributed by atoms with Crippen LogP contribution in [0.15, 0.2) is 11.4 Å². The van der Waals surface area contributed by atoms with Crippen LogP contribution in [0.1, 0.15) is 42.5 Å². The zero-order valence-corrected chi connectivity index (χ0v) is 15.6. The van der Waals surface area contributed by atoms with Gasteiger partial charge in [-0.25, -0.2) is 0 Å². The van der Waals surface area contributed by atoms with Crippen molar-refractivity contribution >= 4 is 23.2 Å². The topological polar surface area (TPSA) is 60.9 Å². The van der Waals surface area contributed by atoms with E-state index in [-0.39, 0.29) is 11.3 Å². The molecule has 1 amide bonds. The molecule has 1 atom stereocenters. The minimum atomic E-state index is -0.706. The molecule has 1 spiro atoms. The maximum absolute atomic E-state index is 12.3. The van der Waals surface area contributed by atoms with E-state index < -0.39 is 12.0 Å². The molecule has 3 aliphatic rings. The summed E-state index contributed by atoms with van der Waals surface area (Å²) in [6.07, 6.45) is 4.70. The lowest BCUT2D eigenvalue weighted by molar-refractivity contribution is -0.142. The van der Waals surface area contributed by atoms with Crippen molar-refractivity contribution in [3.8, 4) is 0 Å². The molecule has 1 N–H and O–H groups in total. The van der Waals surface area contributed by atoms with Crippen LogP contribution in [0.4, 0.5) is 0 Å². The quantitative estimate of drug-likeness (QED) is 0.895. The third-order valence-electron chi connectivity index (χ3n) is 6.27. The number of aliphatic carboxylic acids is 1. The van der Waals surface area contributed by atoms with Crippen LogP contribution in [0.25, 0.3) is 0 Å². The van der Waals surface area contributed by atoms with E-state index in [9.17, 15) is 14.7 Å². The van der Waals surface area contributed by atoms with E-state index in [0.29, 0.717) is 5.91 Å². The van der Waals surface area contributed by atoms with E-state index in [0.717, 1.165) is 58.3 Å². The van der Waals surface area contributed by atoms with Crippen molar-refractivity contribution in [1.29, 1.82) is 0 Å². The van der Waals surface area contributed by atoms with Crippen molar-refractivity contribution in [2.75, 3.05) is 19.6 Å². The van der Waals surface area contributed by atoms with Gasteiger partial charge < -0.3 is 10.0 Å². The van der Waals surface area contributed by atoms with Crippen LogP contribution in [0, 0.1) is 18.3 Å². The molecule has 136 valence electrons. The number of carboxylic acid groups (broad SMARTS) is 1. The van der Waals surface area contributed by atoms with E-state index in [2.05, 4.69) is 23.3 Å². The van der Waals surface area contributed by atoms with Crippen LogP contribution < -0.4 is 0 Å². The van der Waals surface area contributed by atoms with Gasteiger partial charge in [-0.15, -0.1) is 11.3 Å². The number of rotatable bonds is 4. The molecule has 1 saturated carbocycles. The summed E-state index contributed by atoms with van der Waals surface area (Å²) >= 11 is 1.71. The fraction of sp³-hybridized carbons (Fsp3) is 0.684. The summed E-state index contributed by atoms with van der Waals surface area (Å²) in [7, 11) is 0. The second kappa shape index (κ2) is 6.40. The van der Waals surface area contributed by atoms with Crippen molar-refractivity contribution in [3.05, 3.63) is 21.9 Å². The summed E-state index contributed by atoms with van der Waals surface area (Å²) in [6, 6.07) is 1.70. The molecule has 3 heterocycles. The van der Waals surface area contributed by atoms with E-state index in [4.69, 9.17) is 0 Å². The molecule has 25 heavy (non-hydrogen) atoms. The molecule has 1 aromatic rings. The van der Waals surface area contributed by atoms with Crippen LogP contribution in [-0.4, -0.2) is 52.5 Å². The number of thiophene rings is 1. The monoisotopic (exact) mass is 362 g/mol. The minimum absolute atomic E-state index is 0.0640. The summed E-state index contributed by atoms with van der Waals surface area (Å²) < 4.78 is 0. The first-order valence-corrected chi connectivity index (χ1v) is 10.1. The highest BCUT2D eigenvalue weighted by molar-refractivity contribution is 7.10. The maximum Gasteiger partial charge on any atom is 0.320 e. The summed E-state index contributed by atoms with van der Waals surface area (Å²) in [6.45, 7) is 5.26. The van der Waals surface area contributed by atoms with E-state index in [1.165, 1.54) is 10.4 Å². The normalized spacial score (nSPS) is 26.3. The third-order valence-corrected chi connectivity index (χ3v) is 7.28. The van der Waals surface area contributed by atoms with Crippen LogP contribution in [0.3, 0.4) is 0 Å². The lowest BCUT2D eigenvalue weighted by atomic mass is 9.76. The number of hydrogen-bond acceptors (Lipinski definition) is 4. The maximum atomic E-state index is 12.3. The van der Waals surface area contributed by atoms with Crippen LogP contribution in [-0.2, 0) is 16.1 Å².